The Morgan fingerprint density at radius 1 is 0.968 bits per heavy atom. The predicted octanol–water partition coefficient (Wildman–Crippen LogP) is 5.61. The second kappa shape index (κ2) is 11.7. The van der Waals surface area contributed by atoms with E-state index in [1.807, 2.05) is 79.7 Å². The van der Waals surface area contributed by atoms with Crippen molar-refractivity contribution in [2.24, 2.45) is 0 Å². The van der Waals surface area contributed by atoms with Gasteiger partial charge in [-0.05, 0) is 60.1 Å². The minimum atomic E-state index is -0.381. The molecule has 1 atom stereocenters. The van der Waals surface area contributed by atoms with E-state index in [-0.39, 0.29) is 18.2 Å². The molecule has 160 valence electrons. The van der Waals surface area contributed by atoms with Gasteiger partial charge < -0.3 is 4.74 Å². The lowest BCUT2D eigenvalue weighted by Crippen LogP contribution is -2.22. The molecule has 0 aliphatic heterocycles. The maximum absolute atomic E-state index is 12.0. The Hall–Kier alpha value is -3.37. The first kappa shape index (κ1) is 22.3. The third kappa shape index (κ3) is 6.83. The minimum Gasteiger partial charge on any atom is -0.489 e. The van der Waals surface area contributed by atoms with Crippen molar-refractivity contribution in [3.8, 4) is 5.75 Å². The van der Waals surface area contributed by atoms with E-state index in [2.05, 4.69) is 18.2 Å². The Balaban J connectivity index is 1.73. The van der Waals surface area contributed by atoms with E-state index < -0.39 is 0 Å². The fourth-order valence-corrected chi connectivity index (χ4v) is 3.67. The van der Waals surface area contributed by atoms with Gasteiger partial charge in [0, 0.05) is 6.42 Å². The lowest BCUT2D eigenvalue weighted by molar-refractivity contribution is -0.129. The minimum absolute atomic E-state index is 0.0373. The molecule has 4 nitrogen and oxygen atoms in total. The van der Waals surface area contributed by atoms with Crippen LogP contribution in [0.1, 0.15) is 41.5 Å². The number of hydrogen-bond donors (Lipinski definition) is 2. The van der Waals surface area contributed by atoms with Gasteiger partial charge in [0.2, 0.25) is 5.91 Å². The van der Waals surface area contributed by atoms with Crippen LogP contribution < -0.4 is 10.2 Å². The van der Waals surface area contributed by atoms with Crippen LogP contribution in [0.15, 0.2) is 91.0 Å². The smallest absolute Gasteiger partial charge is 0.243 e. The molecule has 0 bridgehead atoms. The number of amides is 1. The lowest BCUT2D eigenvalue weighted by Gasteiger charge is -2.20. The maximum atomic E-state index is 12.0. The van der Waals surface area contributed by atoms with Gasteiger partial charge in [0.15, 0.2) is 0 Å². The van der Waals surface area contributed by atoms with E-state index in [1.165, 1.54) is 5.56 Å². The summed E-state index contributed by atoms with van der Waals surface area (Å²) in [7, 11) is 0. The van der Waals surface area contributed by atoms with E-state index in [4.69, 9.17) is 9.94 Å². The number of hydroxylamine groups is 1. The van der Waals surface area contributed by atoms with E-state index >= 15 is 0 Å². The molecule has 0 aliphatic carbocycles. The summed E-state index contributed by atoms with van der Waals surface area (Å²) in [6.07, 6.45) is 5.87. The van der Waals surface area contributed by atoms with Crippen LogP contribution in [0.2, 0.25) is 0 Å². The van der Waals surface area contributed by atoms with Crippen molar-refractivity contribution in [2.45, 2.75) is 38.7 Å². The number of rotatable bonds is 10. The summed E-state index contributed by atoms with van der Waals surface area (Å²) in [5, 5.41) is 9.07. The first-order chi connectivity index (χ1) is 15.2. The largest absolute Gasteiger partial charge is 0.489 e. The molecule has 31 heavy (non-hydrogen) atoms. The maximum Gasteiger partial charge on any atom is 0.243 e. The van der Waals surface area contributed by atoms with Crippen molar-refractivity contribution < 1.29 is 14.7 Å². The van der Waals surface area contributed by atoms with Crippen molar-refractivity contribution in [2.75, 3.05) is 0 Å². The van der Waals surface area contributed by atoms with Crippen molar-refractivity contribution in [1.82, 2.24) is 5.48 Å². The highest BCUT2D eigenvalue weighted by molar-refractivity contribution is 5.75. The summed E-state index contributed by atoms with van der Waals surface area (Å²) in [5.74, 6) is 0.393. The third-order valence-corrected chi connectivity index (χ3v) is 5.28. The molecule has 0 saturated heterocycles. The molecule has 0 aromatic heterocycles. The van der Waals surface area contributed by atoms with Gasteiger partial charge in [0.25, 0.3) is 0 Å². The number of nitrogens with one attached hydrogen (secondary N) is 1. The van der Waals surface area contributed by atoms with Crippen molar-refractivity contribution in [3.63, 3.8) is 0 Å². The second-order valence-electron chi connectivity index (χ2n) is 7.53. The molecule has 0 spiro atoms. The standard InChI is InChI=1S/C27H29NO3/c1-2-3-11-23-12-7-8-13-26(23)24(19-27(29)28-30)18-21-14-16-25(17-15-21)31-20-22-9-5-4-6-10-22/h2-10,12-17,24,30H,11,18-20H2,1H3,(H,28,29)/b3-2+. The average Bonchev–Trinajstić information content (AvgIpc) is 2.82. The van der Waals surface area contributed by atoms with Gasteiger partial charge in [0.05, 0.1) is 0 Å². The Morgan fingerprint density at radius 3 is 2.39 bits per heavy atom. The molecule has 0 radical (unpaired) electrons. The SMILES string of the molecule is C/C=C/Cc1ccccc1C(CC(=O)NO)Cc1ccc(OCc2ccccc2)cc1. The topological polar surface area (TPSA) is 58.6 Å². The van der Waals surface area contributed by atoms with Crippen LogP contribution in [0.3, 0.4) is 0 Å². The van der Waals surface area contributed by atoms with Crippen LogP contribution in [0, 0.1) is 0 Å². The zero-order valence-electron chi connectivity index (χ0n) is 17.8. The van der Waals surface area contributed by atoms with Gasteiger partial charge in [-0.15, -0.1) is 0 Å². The van der Waals surface area contributed by atoms with Crippen LogP contribution in [0.25, 0.3) is 0 Å². The molecular formula is C27H29NO3. The fraction of sp³-hybridized carbons (Fsp3) is 0.222. The lowest BCUT2D eigenvalue weighted by atomic mass is 9.85. The first-order valence-electron chi connectivity index (χ1n) is 10.6. The highest BCUT2D eigenvalue weighted by atomic mass is 16.5. The highest BCUT2D eigenvalue weighted by Gasteiger charge is 2.19. The molecule has 3 aromatic carbocycles. The van der Waals surface area contributed by atoms with Crippen LogP contribution in [0.5, 0.6) is 5.75 Å². The Labute approximate surface area is 184 Å². The Kier molecular flexibility index (Phi) is 8.44. The summed E-state index contributed by atoms with van der Waals surface area (Å²) in [6.45, 7) is 2.53. The van der Waals surface area contributed by atoms with Crippen molar-refractivity contribution in [3.05, 3.63) is 113 Å². The van der Waals surface area contributed by atoms with Gasteiger partial charge in [-0.3, -0.25) is 10.0 Å². The number of ether oxygens (including phenoxy) is 1. The fourth-order valence-electron chi connectivity index (χ4n) is 3.67. The van der Waals surface area contributed by atoms with Crippen LogP contribution in [0.4, 0.5) is 0 Å². The number of benzene rings is 3. The molecule has 1 unspecified atom stereocenters. The number of hydrogen-bond acceptors (Lipinski definition) is 3. The summed E-state index contributed by atoms with van der Waals surface area (Å²) in [4.78, 5) is 12.0. The second-order valence-corrected chi connectivity index (χ2v) is 7.53. The normalized spacial score (nSPS) is 11.9. The van der Waals surface area contributed by atoms with Crippen molar-refractivity contribution >= 4 is 5.91 Å². The summed E-state index contributed by atoms with van der Waals surface area (Å²) in [5.41, 5.74) is 6.35. The molecule has 1 amide bonds. The first-order valence-corrected chi connectivity index (χ1v) is 10.6. The van der Waals surface area contributed by atoms with Crippen LogP contribution in [-0.4, -0.2) is 11.1 Å². The average molecular weight is 416 g/mol. The number of allylic oxidation sites excluding steroid dienone is 2. The van der Waals surface area contributed by atoms with Crippen molar-refractivity contribution in [1.29, 1.82) is 0 Å². The summed E-state index contributed by atoms with van der Waals surface area (Å²) in [6, 6.07) is 26.3. The van der Waals surface area contributed by atoms with Gasteiger partial charge >= 0.3 is 0 Å². The molecule has 2 N–H and O–H groups in total. The van der Waals surface area contributed by atoms with E-state index in [9.17, 15) is 4.79 Å². The van der Waals surface area contributed by atoms with Gasteiger partial charge in [-0.25, -0.2) is 5.48 Å². The molecular weight excluding hydrogens is 386 g/mol. The monoisotopic (exact) mass is 415 g/mol. The van der Waals surface area contributed by atoms with E-state index in [0.29, 0.717) is 13.0 Å². The third-order valence-electron chi connectivity index (χ3n) is 5.28. The van der Waals surface area contributed by atoms with Gasteiger partial charge in [-0.1, -0.05) is 78.9 Å². The molecule has 0 saturated carbocycles. The summed E-state index contributed by atoms with van der Waals surface area (Å²) < 4.78 is 5.88. The molecule has 0 heterocycles. The molecule has 0 fully saturated rings. The zero-order chi connectivity index (χ0) is 21.9. The van der Waals surface area contributed by atoms with E-state index in [0.717, 1.165) is 28.9 Å². The van der Waals surface area contributed by atoms with Crippen LogP contribution >= 0.6 is 0 Å². The Morgan fingerprint density at radius 2 is 1.68 bits per heavy atom. The number of carbonyl (C=O) groups excluding carboxylic acids is 1. The van der Waals surface area contributed by atoms with Gasteiger partial charge in [-0.2, -0.15) is 0 Å². The molecule has 3 rings (SSSR count). The quantitative estimate of drug-likeness (QED) is 0.257. The predicted molar refractivity (Wildman–Crippen MR) is 123 cm³/mol. The van der Waals surface area contributed by atoms with Crippen LogP contribution in [-0.2, 0) is 24.2 Å². The zero-order valence-corrected chi connectivity index (χ0v) is 17.8. The Bertz CT molecular complexity index is 981. The van der Waals surface area contributed by atoms with Gasteiger partial charge in [0.1, 0.15) is 12.4 Å². The highest BCUT2D eigenvalue weighted by Crippen LogP contribution is 2.29. The summed E-state index contributed by atoms with van der Waals surface area (Å²) >= 11 is 0. The molecule has 3 aromatic rings. The van der Waals surface area contributed by atoms with E-state index in [1.54, 1.807) is 5.48 Å². The number of carbonyl (C=O) groups is 1. The molecule has 4 heteroatoms. The molecule has 0 aliphatic rings.